The van der Waals surface area contributed by atoms with Gasteiger partial charge in [-0.05, 0) is 93.0 Å². The Kier molecular flexibility index (Phi) is 8.17. The van der Waals surface area contributed by atoms with Gasteiger partial charge in [0.05, 0.1) is 33.5 Å². The SMILES string of the molecule is Cc1ccc(C)c(NC(=O)CCN2C(=S)N[C@@H](c3ccccn3)[C@@H]2c2cc(C)n(-c3cccc(Cl)c3Cl)c2C)c1. The van der Waals surface area contributed by atoms with Crippen LogP contribution >= 0.6 is 35.4 Å². The number of rotatable bonds is 7. The van der Waals surface area contributed by atoms with Crippen LogP contribution in [0.3, 0.4) is 0 Å². The fraction of sp³-hybridized carbons (Fsp3) is 0.258. The second-order valence-corrected chi connectivity index (χ2v) is 11.3. The quantitative estimate of drug-likeness (QED) is 0.219. The number of nitrogens with zero attached hydrogens (tertiary/aromatic N) is 3. The highest BCUT2D eigenvalue weighted by Gasteiger charge is 2.41. The first-order valence-electron chi connectivity index (χ1n) is 13.1. The zero-order chi connectivity index (χ0) is 28.6. The van der Waals surface area contributed by atoms with E-state index in [1.807, 2.05) is 69.3 Å². The molecule has 5 rings (SSSR count). The summed E-state index contributed by atoms with van der Waals surface area (Å²) < 4.78 is 2.12. The van der Waals surface area contributed by atoms with Gasteiger partial charge in [0, 0.05) is 36.2 Å². The molecule has 0 radical (unpaired) electrons. The maximum absolute atomic E-state index is 13.1. The molecule has 6 nitrogen and oxygen atoms in total. The maximum Gasteiger partial charge on any atom is 0.226 e. The van der Waals surface area contributed by atoms with Crippen molar-refractivity contribution in [1.29, 1.82) is 0 Å². The first kappa shape index (κ1) is 28.1. The third-order valence-electron chi connectivity index (χ3n) is 7.41. The first-order valence-corrected chi connectivity index (χ1v) is 14.3. The number of carbonyl (C=O) groups is 1. The number of thiocarbonyl (C=S) groups is 1. The van der Waals surface area contributed by atoms with Crippen molar-refractivity contribution in [3.63, 3.8) is 0 Å². The summed E-state index contributed by atoms with van der Waals surface area (Å²) in [4.78, 5) is 19.8. The zero-order valence-electron chi connectivity index (χ0n) is 22.8. The molecule has 1 fully saturated rings. The van der Waals surface area contributed by atoms with Crippen molar-refractivity contribution in [2.75, 3.05) is 11.9 Å². The molecule has 2 N–H and O–H groups in total. The number of nitrogens with one attached hydrogen (secondary N) is 2. The number of halogens is 2. The van der Waals surface area contributed by atoms with Crippen molar-refractivity contribution in [3.05, 3.63) is 111 Å². The number of hydrogen-bond donors (Lipinski definition) is 2. The number of aryl methyl sites for hydroxylation is 3. The van der Waals surface area contributed by atoms with Gasteiger partial charge in [-0.25, -0.2) is 0 Å². The number of pyridine rings is 1. The molecule has 2 aromatic heterocycles. The van der Waals surface area contributed by atoms with Crippen LogP contribution in [0.25, 0.3) is 5.69 Å². The smallest absolute Gasteiger partial charge is 0.226 e. The molecule has 0 unspecified atom stereocenters. The molecule has 2 aromatic carbocycles. The molecule has 3 heterocycles. The fourth-order valence-electron chi connectivity index (χ4n) is 5.41. The molecule has 1 aliphatic rings. The normalized spacial score (nSPS) is 16.8. The summed E-state index contributed by atoms with van der Waals surface area (Å²) in [5.74, 6) is -0.0623. The molecule has 9 heteroatoms. The molecule has 40 heavy (non-hydrogen) atoms. The minimum atomic E-state index is -0.195. The Morgan fingerprint density at radius 2 is 1.85 bits per heavy atom. The van der Waals surface area contributed by atoms with E-state index in [-0.39, 0.29) is 24.4 Å². The van der Waals surface area contributed by atoms with E-state index in [9.17, 15) is 4.79 Å². The van der Waals surface area contributed by atoms with Gasteiger partial charge in [0.15, 0.2) is 5.11 Å². The molecule has 0 spiro atoms. The maximum atomic E-state index is 13.1. The van der Waals surface area contributed by atoms with Crippen LogP contribution in [0.5, 0.6) is 0 Å². The number of benzene rings is 2. The Bertz CT molecular complexity index is 1590. The van der Waals surface area contributed by atoms with Crippen LogP contribution < -0.4 is 10.6 Å². The van der Waals surface area contributed by atoms with E-state index in [0.717, 1.165) is 45.1 Å². The molecule has 2 atom stereocenters. The molecule has 0 aliphatic carbocycles. The summed E-state index contributed by atoms with van der Waals surface area (Å²) in [6, 6.07) is 19.3. The lowest BCUT2D eigenvalue weighted by atomic mass is 9.96. The number of hydrogen-bond acceptors (Lipinski definition) is 3. The van der Waals surface area contributed by atoms with E-state index < -0.39 is 0 Å². The molecule has 0 bridgehead atoms. The summed E-state index contributed by atoms with van der Waals surface area (Å²) in [5.41, 5.74) is 7.76. The predicted octanol–water partition coefficient (Wildman–Crippen LogP) is 7.41. The second kappa shape index (κ2) is 11.6. The van der Waals surface area contributed by atoms with Crippen molar-refractivity contribution < 1.29 is 4.79 Å². The average molecular weight is 593 g/mol. The van der Waals surface area contributed by atoms with Gasteiger partial charge < -0.3 is 20.1 Å². The molecule has 4 aromatic rings. The highest BCUT2D eigenvalue weighted by atomic mass is 35.5. The summed E-state index contributed by atoms with van der Waals surface area (Å²) in [6.07, 6.45) is 2.06. The molecule has 1 amide bonds. The van der Waals surface area contributed by atoms with E-state index in [1.54, 1.807) is 12.3 Å². The van der Waals surface area contributed by atoms with Crippen LogP contribution in [0.1, 0.15) is 52.3 Å². The number of amides is 1. The van der Waals surface area contributed by atoms with Gasteiger partial charge >= 0.3 is 0 Å². The highest BCUT2D eigenvalue weighted by Crippen LogP contribution is 2.42. The van der Waals surface area contributed by atoms with Crippen LogP contribution in [-0.4, -0.2) is 32.0 Å². The number of anilines is 1. The molecular weight excluding hydrogens is 561 g/mol. The summed E-state index contributed by atoms with van der Waals surface area (Å²) in [7, 11) is 0. The monoisotopic (exact) mass is 591 g/mol. The van der Waals surface area contributed by atoms with Crippen LogP contribution in [0.4, 0.5) is 5.69 Å². The number of carbonyl (C=O) groups excluding carboxylic acids is 1. The molecular formula is C31H31Cl2N5OS. The van der Waals surface area contributed by atoms with E-state index in [0.29, 0.717) is 21.7 Å². The van der Waals surface area contributed by atoms with Crippen molar-refractivity contribution >= 4 is 52.1 Å². The predicted molar refractivity (Wildman–Crippen MR) is 167 cm³/mol. The fourth-order valence-corrected chi connectivity index (χ4v) is 6.12. The van der Waals surface area contributed by atoms with Crippen molar-refractivity contribution in [2.24, 2.45) is 0 Å². The minimum absolute atomic E-state index is 0.0623. The molecule has 1 saturated heterocycles. The van der Waals surface area contributed by atoms with E-state index in [2.05, 4.69) is 38.1 Å². The van der Waals surface area contributed by atoms with Crippen molar-refractivity contribution in [1.82, 2.24) is 19.8 Å². The van der Waals surface area contributed by atoms with Gasteiger partial charge in [0.25, 0.3) is 0 Å². The Morgan fingerprint density at radius 1 is 1.05 bits per heavy atom. The van der Waals surface area contributed by atoms with Gasteiger partial charge in [0.1, 0.15) is 0 Å². The van der Waals surface area contributed by atoms with Crippen LogP contribution in [0.2, 0.25) is 10.0 Å². The van der Waals surface area contributed by atoms with Gasteiger partial charge in [-0.15, -0.1) is 0 Å². The van der Waals surface area contributed by atoms with Gasteiger partial charge in [-0.2, -0.15) is 0 Å². The summed E-state index contributed by atoms with van der Waals surface area (Å²) in [6.45, 7) is 8.56. The lowest BCUT2D eigenvalue weighted by Gasteiger charge is -2.28. The number of aromatic nitrogens is 2. The van der Waals surface area contributed by atoms with Crippen LogP contribution in [0, 0.1) is 27.7 Å². The summed E-state index contributed by atoms with van der Waals surface area (Å²) >= 11 is 18.8. The second-order valence-electron chi connectivity index (χ2n) is 10.2. The topological polar surface area (TPSA) is 62.2 Å². The Hall–Kier alpha value is -3.39. The van der Waals surface area contributed by atoms with Crippen LogP contribution in [-0.2, 0) is 4.79 Å². The van der Waals surface area contributed by atoms with Gasteiger partial charge in [0.2, 0.25) is 5.91 Å². The first-order chi connectivity index (χ1) is 19.2. The van der Waals surface area contributed by atoms with Gasteiger partial charge in [-0.1, -0.05) is 47.5 Å². The van der Waals surface area contributed by atoms with E-state index in [1.165, 1.54) is 0 Å². The van der Waals surface area contributed by atoms with Crippen LogP contribution in [0.15, 0.2) is 66.9 Å². The Morgan fingerprint density at radius 3 is 2.60 bits per heavy atom. The lowest BCUT2D eigenvalue weighted by Crippen LogP contribution is -2.33. The highest BCUT2D eigenvalue weighted by molar-refractivity contribution is 7.80. The van der Waals surface area contributed by atoms with E-state index in [4.69, 9.17) is 35.4 Å². The van der Waals surface area contributed by atoms with E-state index >= 15 is 0 Å². The molecule has 206 valence electrons. The van der Waals surface area contributed by atoms with Crippen molar-refractivity contribution in [3.8, 4) is 5.69 Å². The Labute approximate surface area is 250 Å². The molecule has 0 saturated carbocycles. The standard InChI is InChI=1S/C31H31Cl2N5OS/c1-18-11-12-19(2)25(16-18)35-27(39)13-15-37-30(29(36-31(37)40)24-9-5-6-14-34-24)22-17-20(3)38(21(22)4)26-10-7-8-23(32)28(26)33/h5-12,14,16-17,29-30H,13,15H2,1-4H3,(H,35,39)(H,36,40)/t29-,30-/m0/s1. The average Bonchev–Trinajstić information content (AvgIpc) is 3.41. The lowest BCUT2D eigenvalue weighted by molar-refractivity contribution is -0.116. The largest absolute Gasteiger partial charge is 0.352 e. The summed E-state index contributed by atoms with van der Waals surface area (Å²) in [5, 5.41) is 8.14. The third-order valence-corrected chi connectivity index (χ3v) is 8.57. The molecule has 1 aliphatic heterocycles. The zero-order valence-corrected chi connectivity index (χ0v) is 25.2. The minimum Gasteiger partial charge on any atom is -0.352 e. The third kappa shape index (κ3) is 5.46. The van der Waals surface area contributed by atoms with Gasteiger partial charge in [-0.3, -0.25) is 9.78 Å². The van der Waals surface area contributed by atoms with Crippen molar-refractivity contribution in [2.45, 2.75) is 46.2 Å². The Balaban J connectivity index is 1.49.